The highest BCUT2D eigenvalue weighted by atomic mass is 32.2. The zero-order valence-electron chi connectivity index (χ0n) is 10.4. The average Bonchev–Trinajstić information content (AvgIpc) is 2.34. The van der Waals surface area contributed by atoms with E-state index in [1.807, 2.05) is 0 Å². The van der Waals surface area contributed by atoms with Gasteiger partial charge in [0.15, 0.2) is 9.84 Å². The van der Waals surface area contributed by atoms with E-state index in [9.17, 15) is 16.8 Å². The van der Waals surface area contributed by atoms with Gasteiger partial charge in [-0.1, -0.05) is 12.1 Å². The van der Waals surface area contributed by atoms with Crippen LogP contribution < -0.4 is 11.3 Å². The highest BCUT2D eigenvalue weighted by molar-refractivity contribution is 7.91. The lowest BCUT2D eigenvalue weighted by molar-refractivity contribution is 0.319. The Morgan fingerprint density at radius 2 is 1.90 bits per heavy atom. The molecule has 0 aliphatic rings. The molecular weight excluding hydrogens is 308 g/mol. The number of benzene rings is 1. The fraction of sp³-hybridized carbons (Fsp3) is 0.400. The van der Waals surface area contributed by atoms with Gasteiger partial charge in [0, 0.05) is 6.54 Å². The summed E-state index contributed by atoms with van der Waals surface area (Å²) in [6, 6.07) is 4.93. The first-order chi connectivity index (χ1) is 9.22. The Kier molecular flexibility index (Phi) is 5.62. The van der Waals surface area contributed by atoms with E-state index in [0.29, 0.717) is 0 Å². The molecule has 1 atom stereocenters. The minimum absolute atomic E-state index is 0.155. The molecular formula is C10H16N2O6S2. The van der Waals surface area contributed by atoms with Crippen LogP contribution in [0.5, 0.6) is 0 Å². The summed E-state index contributed by atoms with van der Waals surface area (Å²) < 4.78 is 55.1. The molecule has 1 aromatic rings. The number of nitrogens with two attached hydrogens (primary N) is 1. The monoisotopic (exact) mass is 324 g/mol. The van der Waals surface area contributed by atoms with Crippen molar-refractivity contribution in [1.29, 1.82) is 0 Å². The normalized spacial score (nSPS) is 14.2. The van der Waals surface area contributed by atoms with Gasteiger partial charge < -0.3 is 5.11 Å². The maximum atomic E-state index is 12.0. The molecule has 0 bridgehead atoms. The second-order valence-corrected chi connectivity index (χ2v) is 7.76. The molecule has 0 radical (unpaired) electrons. The van der Waals surface area contributed by atoms with Crippen molar-refractivity contribution in [3.63, 3.8) is 0 Å². The standard InChI is InChI=1S/C10H16N2O6S2/c11-12-7-10(19(14,15)5-4-13)8-2-1-3-9(6-8)20(16,17)18/h1-3,6,10,12-13H,4-5,7,11H2,(H,16,17,18). The van der Waals surface area contributed by atoms with Crippen molar-refractivity contribution in [1.82, 2.24) is 5.43 Å². The summed E-state index contributed by atoms with van der Waals surface area (Å²) in [5, 5.41) is 7.66. The van der Waals surface area contributed by atoms with Crippen LogP contribution in [0, 0.1) is 0 Å². The number of aliphatic hydroxyl groups excluding tert-OH is 1. The molecule has 0 saturated carbocycles. The van der Waals surface area contributed by atoms with Gasteiger partial charge in [0.1, 0.15) is 5.25 Å². The van der Waals surface area contributed by atoms with Crippen LogP contribution in [0.25, 0.3) is 0 Å². The Morgan fingerprint density at radius 3 is 2.40 bits per heavy atom. The maximum Gasteiger partial charge on any atom is 0.294 e. The highest BCUT2D eigenvalue weighted by Crippen LogP contribution is 2.24. The smallest absolute Gasteiger partial charge is 0.294 e. The molecule has 0 saturated heterocycles. The average molecular weight is 324 g/mol. The van der Waals surface area contributed by atoms with Crippen LogP contribution >= 0.6 is 0 Å². The number of hydrogen-bond donors (Lipinski definition) is 4. The van der Waals surface area contributed by atoms with Crippen molar-refractivity contribution in [2.75, 3.05) is 18.9 Å². The van der Waals surface area contributed by atoms with Crippen LogP contribution in [0.4, 0.5) is 0 Å². The van der Waals surface area contributed by atoms with E-state index < -0.39 is 42.5 Å². The third-order valence-corrected chi connectivity index (χ3v) is 5.55. The topological polar surface area (TPSA) is 147 Å². The van der Waals surface area contributed by atoms with Gasteiger partial charge in [-0.3, -0.25) is 15.8 Å². The molecule has 8 nitrogen and oxygen atoms in total. The first-order valence-electron chi connectivity index (χ1n) is 5.55. The van der Waals surface area contributed by atoms with Crippen LogP contribution in [-0.4, -0.2) is 45.4 Å². The van der Waals surface area contributed by atoms with Crippen LogP contribution in [0.2, 0.25) is 0 Å². The molecule has 0 aromatic heterocycles. The van der Waals surface area contributed by atoms with Gasteiger partial charge >= 0.3 is 0 Å². The minimum atomic E-state index is -4.43. The molecule has 20 heavy (non-hydrogen) atoms. The number of rotatable bonds is 7. The largest absolute Gasteiger partial charge is 0.395 e. The molecule has 0 aliphatic carbocycles. The zero-order valence-corrected chi connectivity index (χ0v) is 12.1. The number of hydrogen-bond acceptors (Lipinski definition) is 7. The van der Waals surface area contributed by atoms with Crippen molar-refractivity contribution in [2.24, 2.45) is 5.84 Å². The number of aliphatic hydroxyl groups is 1. The Bertz CT molecular complexity index is 656. The fourth-order valence-electron chi connectivity index (χ4n) is 1.70. The Morgan fingerprint density at radius 1 is 1.25 bits per heavy atom. The van der Waals surface area contributed by atoms with Gasteiger partial charge in [0.25, 0.3) is 10.1 Å². The molecule has 1 rings (SSSR count). The zero-order chi connectivity index (χ0) is 15.4. The molecule has 114 valence electrons. The molecule has 0 heterocycles. The second-order valence-electron chi connectivity index (χ2n) is 4.04. The van der Waals surface area contributed by atoms with Crippen molar-refractivity contribution in [2.45, 2.75) is 10.1 Å². The van der Waals surface area contributed by atoms with Gasteiger partial charge in [0.2, 0.25) is 0 Å². The van der Waals surface area contributed by atoms with Gasteiger partial charge in [-0.15, -0.1) is 0 Å². The SMILES string of the molecule is NNCC(c1cccc(S(=O)(=O)O)c1)S(=O)(=O)CCO. The van der Waals surface area contributed by atoms with Crippen molar-refractivity contribution < 1.29 is 26.5 Å². The van der Waals surface area contributed by atoms with E-state index in [-0.39, 0.29) is 12.1 Å². The van der Waals surface area contributed by atoms with Crippen LogP contribution in [0.1, 0.15) is 10.8 Å². The molecule has 0 spiro atoms. The molecule has 1 aromatic carbocycles. The predicted octanol–water partition coefficient (Wildman–Crippen LogP) is -1.16. The van der Waals surface area contributed by atoms with Gasteiger partial charge in [0.05, 0.1) is 17.3 Å². The first-order valence-corrected chi connectivity index (χ1v) is 8.71. The van der Waals surface area contributed by atoms with Gasteiger partial charge in [-0.25, -0.2) is 8.42 Å². The van der Waals surface area contributed by atoms with Gasteiger partial charge in [-0.05, 0) is 17.7 Å². The Hall–Kier alpha value is -1.04. The Balaban J connectivity index is 3.30. The van der Waals surface area contributed by atoms with E-state index in [1.54, 1.807) is 0 Å². The Labute approximate surface area is 117 Å². The molecule has 10 heteroatoms. The number of nitrogens with one attached hydrogen (secondary N) is 1. The lowest BCUT2D eigenvalue weighted by Gasteiger charge is -2.17. The van der Waals surface area contributed by atoms with Crippen molar-refractivity contribution in [3.05, 3.63) is 29.8 Å². The summed E-state index contributed by atoms with van der Waals surface area (Å²) in [6.45, 7) is -0.710. The van der Waals surface area contributed by atoms with Crippen molar-refractivity contribution >= 4 is 20.0 Å². The number of sulfone groups is 1. The lowest BCUT2D eigenvalue weighted by Crippen LogP contribution is -2.33. The summed E-state index contributed by atoms with van der Waals surface area (Å²) in [6.07, 6.45) is 0. The van der Waals surface area contributed by atoms with E-state index >= 15 is 0 Å². The predicted molar refractivity (Wildman–Crippen MR) is 72.1 cm³/mol. The summed E-state index contributed by atoms with van der Waals surface area (Å²) in [4.78, 5) is -0.406. The summed E-state index contributed by atoms with van der Waals surface area (Å²) >= 11 is 0. The second kappa shape index (κ2) is 6.61. The molecule has 0 fully saturated rings. The minimum Gasteiger partial charge on any atom is -0.395 e. The molecule has 0 amide bonds. The molecule has 5 N–H and O–H groups in total. The summed E-state index contributed by atoms with van der Waals surface area (Å²) in [5.41, 5.74) is 2.38. The highest BCUT2D eigenvalue weighted by Gasteiger charge is 2.27. The van der Waals surface area contributed by atoms with E-state index in [4.69, 9.17) is 15.5 Å². The molecule has 1 unspecified atom stereocenters. The fourth-order valence-corrected chi connectivity index (χ4v) is 3.69. The van der Waals surface area contributed by atoms with Crippen LogP contribution in [0.15, 0.2) is 29.2 Å². The maximum absolute atomic E-state index is 12.0. The summed E-state index contributed by atoms with van der Waals surface area (Å²) in [7, 11) is -8.15. The third kappa shape index (κ3) is 4.23. The number of hydrazine groups is 1. The van der Waals surface area contributed by atoms with Gasteiger partial charge in [-0.2, -0.15) is 8.42 Å². The first kappa shape index (κ1) is 17.0. The van der Waals surface area contributed by atoms with Crippen LogP contribution in [0.3, 0.4) is 0 Å². The van der Waals surface area contributed by atoms with E-state index in [2.05, 4.69) is 5.43 Å². The van der Waals surface area contributed by atoms with E-state index in [0.717, 1.165) is 12.1 Å². The molecule has 0 aliphatic heterocycles. The third-order valence-electron chi connectivity index (χ3n) is 2.64. The quantitative estimate of drug-likeness (QED) is 0.279. The summed E-state index contributed by atoms with van der Waals surface area (Å²) in [5.74, 6) is 4.66. The lowest BCUT2D eigenvalue weighted by atomic mass is 10.1. The van der Waals surface area contributed by atoms with Crippen LogP contribution in [-0.2, 0) is 20.0 Å². The van der Waals surface area contributed by atoms with Crippen molar-refractivity contribution in [3.8, 4) is 0 Å². The van der Waals surface area contributed by atoms with E-state index in [1.165, 1.54) is 12.1 Å².